The molecular formula is C14H24ClN3O. The Bertz CT molecular complexity index is 383. The van der Waals surface area contributed by atoms with Crippen LogP contribution in [-0.4, -0.2) is 29.7 Å². The number of aromatic nitrogens is 2. The first kappa shape index (κ1) is 16.2. The maximum atomic E-state index is 5.98. The molecule has 4 nitrogen and oxygen atoms in total. The summed E-state index contributed by atoms with van der Waals surface area (Å²) in [4.78, 5) is 8.63. The van der Waals surface area contributed by atoms with Crippen molar-refractivity contribution in [3.05, 3.63) is 17.0 Å². The van der Waals surface area contributed by atoms with Gasteiger partial charge in [-0.05, 0) is 12.3 Å². The molecule has 0 amide bonds. The zero-order chi connectivity index (χ0) is 14.3. The highest BCUT2D eigenvalue weighted by atomic mass is 35.5. The molecule has 0 saturated heterocycles. The lowest BCUT2D eigenvalue weighted by Crippen LogP contribution is -2.10. The molecule has 1 rings (SSSR count). The van der Waals surface area contributed by atoms with Crippen LogP contribution in [0.15, 0.2) is 6.07 Å². The Morgan fingerprint density at radius 1 is 1.26 bits per heavy atom. The number of nitrogens with one attached hydrogen (secondary N) is 1. The number of nitrogens with zero attached hydrogens (tertiary/aromatic N) is 2. The van der Waals surface area contributed by atoms with Crippen LogP contribution >= 0.6 is 11.6 Å². The molecular weight excluding hydrogens is 262 g/mol. The normalized spacial score (nSPS) is 11.3. The van der Waals surface area contributed by atoms with Gasteiger partial charge in [0.25, 0.3) is 0 Å². The maximum Gasteiger partial charge on any atom is 0.135 e. The minimum Gasteiger partial charge on any atom is -0.381 e. The molecule has 5 heteroatoms. The minimum absolute atomic E-state index is 0.272. The Labute approximate surface area is 120 Å². The van der Waals surface area contributed by atoms with Crippen molar-refractivity contribution < 1.29 is 4.74 Å². The third-order valence-corrected chi connectivity index (χ3v) is 2.64. The molecule has 0 saturated carbocycles. The van der Waals surface area contributed by atoms with Crippen molar-refractivity contribution in [3.8, 4) is 0 Å². The second-order valence-electron chi connectivity index (χ2n) is 5.34. The van der Waals surface area contributed by atoms with E-state index < -0.39 is 0 Å². The van der Waals surface area contributed by atoms with Gasteiger partial charge in [-0.1, -0.05) is 39.3 Å². The Balaban J connectivity index is 2.33. The maximum absolute atomic E-state index is 5.98. The van der Waals surface area contributed by atoms with Crippen LogP contribution in [-0.2, 0) is 4.74 Å². The molecule has 108 valence electrons. The highest BCUT2D eigenvalue weighted by Crippen LogP contribution is 2.16. The van der Waals surface area contributed by atoms with Crippen LogP contribution in [0.4, 0.5) is 5.82 Å². The van der Waals surface area contributed by atoms with Gasteiger partial charge in [0.15, 0.2) is 0 Å². The van der Waals surface area contributed by atoms with E-state index in [0.29, 0.717) is 11.1 Å². The fourth-order valence-corrected chi connectivity index (χ4v) is 1.68. The van der Waals surface area contributed by atoms with Crippen molar-refractivity contribution in [1.82, 2.24) is 9.97 Å². The van der Waals surface area contributed by atoms with Crippen LogP contribution in [0.25, 0.3) is 0 Å². The van der Waals surface area contributed by atoms with Crippen LogP contribution in [0.3, 0.4) is 0 Å². The van der Waals surface area contributed by atoms with E-state index in [1.807, 2.05) is 0 Å². The number of rotatable bonds is 8. The molecule has 0 aliphatic carbocycles. The summed E-state index contributed by atoms with van der Waals surface area (Å²) >= 11 is 5.98. The van der Waals surface area contributed by atoms with Crippen molar-refractivity contribution in [1.29, 1.82) is 0 Å². The van der Waals surface area contributed by atoms with Crippen molar-refractivity contribution in [2.24, 2.45) is 5.92 Å². The summed E-state index contributed by atoms with van der Waals surface area (Å²) in [5, 5.41) is 3.74. The van der Waals surface area contributed by atoms with E-state index in [1.165, 1.54) is 0 Å². The molecule has 0 spiro atoms. The van der Waals surface area contributed by atoms with E-state index in [9.17, 15) is 0 Å². The predicted molar refractivity (Wildman–Crippen MR) is 79.9 cm³/mol. The van der Waals surface area contributed by atoms with Crippen molar-refractivity contribution >= 4 is 17.4 Å². The Kier molecular flexibility index (Phi) is 7.10. The summed E-state index contributed by atoms with van der Waals surface area (Å²) in [6.07, 6.45) is 0.950. The van der Waals surface area contributed by atoms with Gasteiger partial charge in [-0.25, -0.2) is 9.97 Å². The molecule has 1 aromatic rings. The van der Waals surface area contributed by atoms with E-state index in [-0.39, 0.29) is 5.92 Å². The van der Waals surface area contributed by atoms with Crippen LogP contribution in [0.2, 0.25) is 5.15 Å². The second kappa shape index (κ2) is 8.33. The van der Waals surface area contributed by atoms with Gasteiger partial charge in [0.05, 0.1) is 0 Å². The second-order valence-corrected chi connectivity index (χ2v) is 5.73. The first-order valence-corrected chi connectivity index (χ1v) is 7.23. The number of hydrogen-bond acceptors (Lipinski definition) is 4. The summed E-state index contributed by atoms with van der Waals surface area (Å²) in [6.45, 7) is 10.8. The number of anilines is 1. The third kappa shape index (κ3) is 6.73. The van der Waals surface area contributed by atoms with Gasteiger partial charge in [-0.3, -0.25) is 0 Å². The van der Waals surface area contributed by atoms with Crippen LogP contribution in [0, 0.1) is 5.92 Å². The van der Waals surface area contributed by atoms with Crippen LogP contribution < -0.4 is 5.32 Å². The molecule has 0 unspecified atom stereocenters. The minimum atomic E-state index is 0.272. The standard InChI is InChI=1S/C14H24ClN3O/c1-10(2)9-19-7-5-6-16-13-8-12(15)17-14(18-13)11(3)4/h8,10-11H,5-7,9H2,1-4H3,(H,16,17,18). The summed E-state index contributed by atoms with van der Waals surface area (Å²) in [5.74, 6) is 2.41. The fourth-order valence-electron chi connectivity index (χ4n) is 1.49. The molecule has 1 aromatic heterocycles. The van der Waals surface area contributed by atoms with Gasteiger partial charge in [0.1, 0.15) is 16.8 Å². The number of halogens is 1. The molecule has 0 bridgehead atoms. The highest BCUT2D eigenvalue weighted by molar-refractivity contribution is 6.29. The highest BCUT2D eigenvalue weighted by Gasteiger charge is 2.06. The summed E-state index contributed by atoms with van der Waals surface area (Å²) in [5.41, 5.74) is 0. The topological polar surface area (TPSA) is 47.0 Å². The van der Waals surface area contributed by atoms with Gasteiger partial charge in [0.2, 0.25) is 0 Å². The smallest absolute Gasteiger partial charge is 0.135 e. The molecule has 0 aliphatic heterocycles. The number of hydrogen-bond donors (Lipinski definition) is 1. The van der Waals surface area contributed by atoms with E-state index >= 15 is 0 Å². The van der Waals surface area contributed by atoms with Crippen LogP contribution in [0.5, 0.6) is 0 Å². The van der Waals surface area contributed by atoms with E-state index in [0.717, 1.165) is 37.8 Å². The largest absolute Gasteiger partial charge is 0.381 e. The van der Waals surface area contributed by atoms with Gasteiger partial charge in [-0.15, -0.1) is 0 Å². The first-order valence-electron chi connectivity index (χ1n) is 6.85. The SMILES string of the molecule is CC(C)COCCCNc1cc(Cl)nc(C(C)C)n1. The van der Waals surface area contributed by atoms with Gasteiger partial charge >= 0.3 is 0 Å². The zero-order valence-corrected chi connectivity index (χ0v) is 13.0. The molecule has 0 atom stereocenters. The third-order valence-electron chi connectivity index (χ3n) is 2.45. The number of ether oxygens (including phenoxy) is 1. The van der Waals surface area contributed by atoms with Crippen molar-refractivity contribution in [2.45, 2.75) is 40.0 Å². The van der Waals surface area contributed by atoms with Crippen LogP contribution in [0.1, 0.15) is 45.9 Å². The van der Waals surface area contributed by atoms with Crippen molar-refractivity contribution in [2.75, 3.05) is 25.1 Å². The summed E-state index contributed by atoms with van der Waals surface area (Å²) in [7, 11) is 0. The Hall–Kier alpha value is -0.870. The molecule has 0 aliphatic rings. The quantitative estimate of drug-likeness (QED) is 0.584. The molecule has 0 fully saturated rings. The van der Waals surface area contributed by atoms with Gasteiger partial charge in [-0.2, -0.15) is 0 Å². The molecule has 19 heavy (non-hydrogen) atoms. The zero-order valence-electron chi connectivity index (χ0n) is 12.2. The summed E-state index contributed by atoms with van der Waals surface area (Å²) in [6, 6.07) is 1.75. The fraction of sp³-hybridized carbons (Fsp3) is 0.714. The Morgan fingerprint density at radius 3 is 2.63 bits per heavy atom. The predicted octanol–water partition coefficient (Wildman–Crippen LogP) is 3.73. The summed E-state index contributed by atoms with van der Waals surface area (Å²) < 4.78 is 5.52. The van der Waals surface area contributed by atoms with Crippen molar-refractivity contribution in [3.63, 3.8) is 0 Å². The lowest BCUT2D eigenvalue weighted by Gasteiger charge is -2.10. The average Bonchev–Trinajstić information content (AvgIpc) is 2.32. The van der Waals surface area contributed by atoms with Gasteiger partial charge < -0.3 is 10.1 Å². The molecule has 1 N–H and O–H groups in total. The molecule has 1 heterocycles. The lowest BCUT2D eigenvalue weighted by atomic mass is 10.2. The van der Waals surface area contributed by atoms with E-state index in [2.05, 4.69) is 43.0 Å². The first-order chi connectivity index (χ1) is 8.99. The average molecular weight is 286 g/mol. The molecule has 0 aromatic carbocycles. The Morgan fingerprint density at radius 2 is 2.00 bits per heavy atom. The van der Waals surface area contributed by atoms with E-state index in [4.69, 9.17) is 16.3 Å². The van der Waals surface area contributed by atoms with E-state index in [1.54, 1.807) is 6.07 Å². The van der Waals surface area contributed by atoms with Gasteiger partial charge in [0, 0.05) is 31.7 Å². The molecule has 0 radical (unpaired) electrons. The monoisotopic (exact) mass is 285 g/mol. The lowest BCUT2D eigenvalue weighted by molar-refractivity contribution is 0.110.